The Morgan fingerprint density at radius 2 is 1.79 bits per heavy atom. The summed E-state index contributed by atoms with van der Waals surface area (Å²) in [5, 5.41) is 0. The van der Waals surface area contributed by atoms with E-state index < -0.39 is 15.9 Å². The number of benzene rings is 1. The second-order valence-corrected chi connectivity index (χ2v) is 6.42. The Balaban J connectivity index is 2.23. The quantitative estimate of drug-likeness (QED) is 0.811. The van der Waals surface area contributed by atoms with E-state index in [0.717, 1.165) is 17.4 Å². The first kappa shape index (κ1) is 14.0. The van der Waals surface area contributed by atoms with Crippen LogP contribution >= 0.6 is 0 Å². The molecule has 0 saturated carbocycles. The number of fused-ring (bicyclic) bond motifs is 1. The number of carbonyl (C=O) groups excluding carboxylic acids is 1. The van der Waals surface area contributed by atoms with Crippen LogP contribution in [0.15, 0.2) is 29.2 Å². The molecule has 1 aliphatic heterocycles. The van der Waals surface area contributed by atoms with E-state index in [4.69, 9.17) is 0 Å². The zero-order valence-corrected chi connectivity index (χ0v) is 12.0. The number of sulfonamides is 1. The highest BCUT2D eigenvalue weighted by atomic mass is 32.2. The van der Waals surface area contributed by atoms with E-state index >= 15 is 0 Å². The Morgan fingerprint density at radius 1 is 1.16 bits per heavy atom. The number of rotatable bonds is 5. The maximum absolute atomic E-state index is 12.3. The van der Waals surface area contributed by atoms with E-state index in [-0.39, 0.29) is 17.0 Å². The van der Waals surface area contributed by atoms with Gasteiger partial charge < -0.3 is 4.90 Å². The highest BCUT2D eigenvalue weighted by molar-refractivity contribution is 7.90. The van der Waals surface area contributed by atoms with E-state index in [1.165, 1.54) is 11.0 Å². The van der Waals surface area contributed by atoms with Gasteiger partial charge in [0.15, 0.2) is 0 Å². The minimum atomic E-state index is -3.64. The minimum absolute atomic E-state index is 0.134. The summed E-state index contributed by atoms with van der Waals surface area (Å²) in [6.07, 6.45) is 0. The predicted octanol–water partition coefficient (Wildman–Crippen LogP) is -0.244. The highest BCUT2D eigenvalue weighted by Crippen LogP contribution is 2.29. The van der Waals surface area contributed by atoms with Crippen LogP contribution in [0.4, 0.5) is 0 Å². The normalized spacial score (nSPS) is 17.0. The smallest absolute Gasteiger partial charge is 0.269 e. The topological polar surface area (TPSA) is 58.9 Å². The molecule has 0 unspecified atom stereocenters. The first-order chi connectivity index (χ1) is 9.02. The van der Waals surface area contributed by atoms with Gasteiger partial charge in [0.1, 0.15) is 4.90 Å². The molecule has 1 aromatic carbocycles. The Morgan fingerprint density at radius 3 is 2.37 bits per heavy atom. The molecule has 1 amide bonds. The van der Waals surface area contributed by atoms with Gasteiger partial charge in [0.25, 0.3) is 15.9 Å². The van der Waals surface area contributed by atoms with Gasteiger partial charge in [-0.15, -0.1) is 0 Å². The molecule has 0 spiro atoms. The third-order valence-corrected chi connectivity index (χ3v) is 5.42. The van der Waals surface area contributed by atoms with E-state index in [0.29, 0.717) is 6.54 Å². The molecule has 0 radical (unpaired) electrons. The molecule has 1 heterocycles. The summed E-state index contributed by atoms with van der Waals surface area (Å²) in [5.74, 6) is -0.401. The molecule has 1 aliphatic rings. The monoisotopic (exact) mass is 283 g/mol. The number of quaternary nitrogens is 1. The number of nitrogens with zero attached hydrogens (tertiary/aromatic N) is 1. The summed E-state index contributed by atoms with van der Waals surface area (Å²) in [5.41, 5.74) is 0.289. The molecule has 0 fully saturated rings. The van der Waals surface area contributed by atoms with Gasteiger partial charge in [0.05, 0.1) is 31.7 Å². The second-order valence-electron chi connectivity index (χ2n) is 4.59. The van der Waals surface area contributed by atoms with E-state index in [1.54, 1.807) is 18.2 Å². The fourth-order valence-corrected chi connectivity index (χ4v) is 3.88. The van der Waals surface area contributed by atoms with Gasteiger partial charge in [0, 0.05) is 0 Å². The molecule has 1 N–H and O–H groups in total. The molecule has 19 heavy (non-hydrogen) atoms. The van der Waals surface area contributed by atoms with Crippen LogP contribution in [0.25, 0.3) is 0 Å². The van der Waals surface area contributed by atoms with Crippen LogP contribution in [-0.2, 0) is 10.0 Å². The summed E-state index contributed by atoms with van der Waals surface area (Å²) in [7, 11) is -3.64. The van der Waals surface area contributed by atoms with E-state index in [1.807, 2.05) is 13.8 Å². The van der Waals surface area contributed by atoms with Crippen molar-refractivity contribution >= 4 is 15.9 Å². The number of likely N-dealkylation sites (N-methyl/N-ethyl adjacent to an activating group) is 1. The molecule has 1 aromatic rings. The van der Waals surface area contributed by atoms with Crippen molar-refractivity contribution < 1.29 is 18.1 Å². The number of amides is 1. The SMILES string of the molecule is CC[NH+](CC)CCN1C(=O)c2ccccc2S1(=O)=O. The molecule has 0 atom stereocenters. The average molecular weight is 283 g/mol. The van der Waals surface area contributed by atoms with Gasteiger partial charge in [-0.2, -0.15) is 0 Å². The Kier molecular flexibility index (Phi) is 3.91. The predicted molar refractivity (Wildman–Crippen MR) is 71.6 cm³/mol. The van der Waals surface area contributed by atoms with Crippen LogP contribution < -0.4 is 4.90 Å². The fourth-order valence-electron chi connectivity index (χ4n) is 2.32. The number of carbonyl (C=O) groups is 1. The highest BCUT2D eigenvalue weighted by Gasteiger charge is 2.40. The van der Waals surface area contributed by atoms with Crippen LogP contribution in [0, 0.1) is 0 Å². The summed E-state index contributed by atoms with van der Waals surface area (Å²) >= 11 is 0. The van der Waals surface area contributed by atoms with Crippen LogP contribution in [0.2, 0.25) is 0 Å². The fraction of sp³-hybridized carbons (Fsp3) is 0.462. The van der Waals surface area contributed by atoms with Crippen molar-refractivity contribution in [2.75, 3.05) is 26.2 Å². The lowest BCUT2D eigenvalue weighted by Gasteiger charge is -2.19. The maximum atomic E-state index is 12.3. The van der Waals surface area contributed by atoms with Gasteiger partial charge in [-0.25, -0.2) is 12.7 Å². The molecular formula is C13H19N2O3S+. The first-order valence-corrected chi connectivity index (χ1v) is 7.96. The second kappa shape index (κ2) is 5.30. The van der Waals surface area contributed by atoms with Crippen molar-refractivity contribution in [2.45, 2.75) is 18.7 Å². The number of hydrogen-bond donors (Lipinski definition) is 1. The van der Waals surface area contributed by atoms with Crippen molar-refractivity contribution in [2.24, 2.45) is 0 Å². The van der Waals surface area contributed by atoms with Gasteiger partial charge in [-0.1, -0.05) is 12.1 Å². The van der Waals surface area contributed by atoms with E-state index in [9.17, 15) is 13.2 Å². The van der Waals surface area contributed by atoms with Gasteiger partial charge in [-0.3, -0.25) is 4.79 Å². The molecule has 0 aromatic heterocycles. The van der Waals surface area contributed by atoms with Crippen LogP contribution in [-0.4, -0.2) is 44.8 Å². The Labute approximate surface area is 113 Å². The standard InChI is InChI=1S/C13H18N2O3S/c1-3-14(4-2)9-10-15-13(16)11-7-5-6-8-12(11)19(15,17)18/h5-8H,3-4,9-10H2,1-2H3/p+1. The largest absolute Gasteiger partial charge is 0.334 e. The lowest BCUT2D eigenvalue weighted by Crippen LogP contribution is -3.12. The summed E-state index contributed by atoms with van der Waals surface area (Å²) in [6, 6.07) is 6.39. The molecule has 5 nitrogen and oxygen atoms in total. The van der Waals surface area contributed by atoms with Crippen LogP contribution in [0.1, 0.15) is 24.2 Å². The Hall–Kier alpha value is -1.40. The van der Waals surface area contributed by atoms with Crippen LogP contribution in [0.5, 0.6) is 0 Å². The van der Waals surface area contributed by atoms with Crippen molar-refractivity contribution in [1.82, 2.24) is 4.31 Å². The lowest BCUT2D eigenvalue weighted by atomic mass is 10.2. The molecule has 6 heteroatoms. The maximum Gasteiger partial charge on any atom is 0.269 e. The molecular weight excluding hydrogens is 264 g/mol. The minimum Gasteiger partial charge on any atom is -0.334 e. The Bertz CT molecular complexity index is 579. The third-order valence-electron chi connectivity index (χ3n) is 3.58. The third kappa shape index (κ3) is 2.37. The first-order valence-electron chi connectivity index (χ1n) is 6.52. The van der Waals surface area contributed by atoms with Crippen LogP contribution in [0.3, 0.4) is 0 Å². The molecule has 0 aliphatic carbocycles. The van der Waals surface area contributed by atoms with Gasteiger partial charge >= 0.3 is 0 Å². The summed E-state index contributed by atoms with van der Waals surface area (Å²) < 4.78 is 25.6. The van der Waals surface area contributed by atoms with Crippen molar-refractivity contribution in [3.8, 4) is 0 Å². The summed E-state index contributed by atoms with van der Waals surface area (Å²) in [6.45, 7) is 6.83. The lowest BCUT2D eigenvalue weighted by molar-refractivity contribution is -0.895. The van der Waals surface area contributed by atoms with Crippen molar-refractivity contribution in [3.05, 3.63) is 29.8 Å². The number of nitrogens with one attached hydrogen (secondary N) is 1. The molecule has 0 bridgehead atoms. The average Bonchev–Trinajstić information content (AvgIpc) is 2.61. The van der Waals surface area contributed by atoms with Crippen molar-refractivity contribution in [3.63, 3.8) is 0 Å². The van der Waals surface area contributed by atoms with E-state index in [2.05, 4.69) is 0 Å². The zero-order valence-electron chi connectivity index (χ0n) is 11.2. The number of hydrogen-bond acceptors (Lipinski definition) is 3. The van der Waals surface area contributed by atoms with Gasteiger partial charge in [-0.05, 0) is 26.0 Å². The molecule has 2 rings (SSSR count). The van der Waals surface area contributed by atoms with Gasteiger partial charge in [0.2, 0.25) is 0 Å². The van der Waals surface area contributed by atoms with Crippen molar-refractivity contribution in [1.29, 1.82) is 0 Å². The summed E-state index contributed by atoms with van der Waals surface area (Å²) in [4.78, 5) is 13.5. The zero-order chi connectivity index (χ0) is 14.0. The molecule has 0 saturated heterocycles. The molecule has 104 valence electrons.